The molecule has 0 fully saturated rings. The molecule has 0 aliphatic carbocycles. The molecule has 1 aromatic carbocycles. The maximum atomic E-state index is 11.1. The Balaban J connectivity index is 1.81. The Morgan fingerprint density at radius 2 is 2.20 bits per heavy atom. The SMILES string of the molecule is CC(C)CCNCCc1ccc(OC2C=CC(C(N)=O)=CN2)cc1Cl. The zero-order valence-electron chi connectivity index (χ0n) is 14.7. The van der Waals surface area contributed by atoms with Crippen molar-refractivity contribution < 1.29 is 9.53 Å². The number of dihydropyridines is 1. The van der Waals surface area contributed by atoms with Gasteiger partial charge in [-0.05, 0) is 61.7 Å². The largest absolute Gasteiger partial charge is 0.467 e. The number of amides is 1. The Labute approximate surface area is 154 Å². The number of carbonyl (C=O) groups is 1. The minimum atomic E-state index is -0.475. The first-order valence-corrected chi connectivity index (χ1v) is 8.93. The van der Waals surface area contributed by atoms with Crippen LogP contribution in [-0.2, 0) is 11.2 Å². The van der Waals surface area contributed by atoms with Gasteiger partial charge in [-0.15, -0.1) is 0 Å². The van der Waals surface area contributed by atoms with Crippen molar-refractivity contribution in [3.05, 3.63) is 52.7 Å². The van der Waals surface area contributed by atoms with Crippen LogP contribution in [-0.4, -0.2) is 25.2 Å². The van der Waals surface area contributed by atoms with E-state index in [-0.39, 0.29) is 6.23 Å². The molecule has 4 N–H and O–H groups in total. The minimum absolute atomic E-state index is 0.359. The lowest BCUT2D eigenvalue weighted by molar-refractivity contribution is -0.114. The summed E-state index contributed by atoms with van der Waals surface area (Å²) in [5.74, 6) is 0.903. The summed E-state index contributed by atoms with van der Waals surface area (Å²) in [4.78, 5) is 11.1. The summed E-state index contributed by atoms with van der Waals surface area (Å²) in [6.07, 6.45) is 6.62. The highest BCUT2D eigenvalue weighted by Gasteiger charge is 2.12. The smallest absolute Gasteiger partial charge is 0.250 e. The zero-order valence-corrected chi connectivity index (χ0v) is 15.5. The molecule has 1 heterocycles. The molecule has 1 amide bonds. The van der Waals surface area contributed by atoms with Crippen molar-refractivity contribution in [1.29, 1.82) is 0 Å². The molecule has 1 aliphatic rings. The molecule has 1 unspecified atom stereocenters. The lowest BCUT2D eigenvalue weighted by Crippen LogP contribution is -2.32. The van der Waals surface area contributed by atoms with E-state index in [0.29, 0.717) is 22.3 Å². The highest BCUT2D eigenvalue weighted by Crippen LogP contribution is 2.24. The van der Waals surface area contributed by atoms with Gasteiger partial charge in [-0.3, -0.25) is 4.79 Å². The van der Waals surface area contributed by atoms with Crippen LogP contribution in [0.2, 0.25) is 5.02 Å². The molecule has 0 bridgehead atoms. The number of hydrogen-bond acceptors (Lipinski definition) is 4. The third-order valence-corrected chi connectivity index (χ3v) is 4.25. The number of primary amides is 1. The van der Waals surface area contributed by atoms with Crippen molar-refractivity contribution in [2.24, 2.45) is 11.7 Å². The standard InChI is InChI=1S/C19H26ClN3O2/c1-13(2)7-9-22-10-8-14-3-5-16(11-17(14)20)25-18-6-4-15(12-23-18)19(21)24/h3-6,11-13,18,22-23H,7-10H2,1-2H3,(H2,21,24). The Bertz CT molecular complexity index is 656. The lowest BCUT2D eigenvalue weighted by Gasteiger charge is -2.20. The van der Waals surface area contributed by atoms with Crippen molar-refractivity contribution in [3.8, 4) is 5.75 Å². The first-order chi connectivity index (χ1) is 12.0. The minimum Gasteiger partial charge on any atom is -0.467 e. The first-order valence-electron chi connectivity index (χ1n) is 8.55. The average molecular weight is 364 g/mol. The monoisotopic (exact) mass is 363 g/mol. The summed E-state index contributed by atoms with van der Waals surface area (Å²) in [7, 11) is 0. The molecule has 0 radical (unpaired) electrons. The van der Waals surface area contributed by atoms with Crippen LogP contribution < -0.4 is 21.1 Å². The summed E-state index contributed by atoms with van der Waals surface area (Å²) >= 11 is 6.36. The second-order valence-electron chi connectivity index (χ2n) is 6.46. The lowest BCUT2D eigenvalue weighted by atomic mass is 10.1. The van der Waals surface area contributed by atoms with Gasteiger partial charge >= 0.3 is 0 Å². The number of halogens is 1. The highest BCUT2D eigenvalue weighted by atomic mass is 35.5. The Morgan fingerprint density at radius 3 is 2.80 bits per heavy atom. The van der Waals surface area contributed by atoms with E-state index in [1.165, 1.54) is 6.42 Å². The van der Waals surface area contributed by atoms with Crippen LogP contribution in [0.3, 0.4) is 0 Å². The maximum absolute atomic E-state index is 11.1. The molecule has 0 saturated heterocycles. The molecule has 2 rings (SSSR count). The van der Waals surface area contributed by atoms with Gasteiger partial charge in [0.15, 0.2) is 6.23 Å². The van der Waals surface area contributed by atoms with Crippen molar-refractivity contribution in [1.82, 2.24) is 10.6 Å². The predicted molar refractivity (Wildman–Crippen MR) is 101 cm³/mol. The van der Waals surface area contributed by atoms with E-state index < -0.39 is 5.91 Å². The zero-order chi connectivity index (χ0) is 18.2. The van der Waals surface area contributed by atoms with Gasteiger partial charge in [0.1, 0.15) is 5.75 Å². The van der Waals surface area contributed by atoms with Crippen LogP contribution >= 0.6 is 11.6 Å². The first kappa shape index (κ1) is 19.3. The van der Waals surface area contributed by atoms with Crippen LogP contribution in [0.15, 0.2) is 42.1 Å². The van der Waals surface area contributed by atoms with Crippen LogP contribution in [0.5, 0.6) is 5.75 Å². The van der Waals surface area contributed by atoms with Crippen molar-refractivity contribution in [2.75, 3.05) is 13.1 Å². The average Bonchev–Trinajstić information content (AvgIpc) is 2.56. The van der Waals surface area contributed by atoms with Crippen molar-refractivity contribution >= 4 is 17.5 Å². The van der Waals surface area contributed by atoms with E-state index in [0.717, 1.165) is 25.1 Å². The molecule has 1 aromatic rings. The van der Waals surface area contributed by atoms with Gasteiger partial charge in [-0.1, -0.05) is 31.5 Å². The molecular weight excluding hydrogens is 338 g/mol. The van der Waals surface area contributed by atoms with Gasteiger partial charge in [0.25, 0.3) is 0 Å². The van der Waals surface area contributed by atoms with Gasteiger partial charge in [-0.25, -0.2) is 0 Å². The van der Waals surface area contributed by atoms with Gasteiger partial charge in [-0.2, -0.15) is 0 Å². The fourth-order valence-electron chi connectivity index (χ4n) is 2.38. The van der Waals surface area contributed by atoms with Crippen LogP contribution in [0.1, 0.15) is 25.8 Å². The van der Waals surface area contributed by atoms with Crippen molar-refractivity contribution in [2.45, 2.75) is 32.9 Å². The quantitative estimate of drug-likeness (QED) is 0.590. The summed E-state index contributed by atoms with van der Waals surface area (Å²) < 4.78 is 5.79. The van der Waals surface area contributed by atoms with Crippen molar-refractivity contribution in [3.63, 3.8) is 0 Å². The second-order valence-corrected chi connectivity index (χ2v) is 6.87. The molecule has 5 nitrogen and oxygen atoms in total. The van der Waals surface area contributed by atoms with Crippen LogP contribution in [0.4, 0.5) is 0 Å². The fraction of sp³-hybridized carbons (Fsp3) is 0.421. The Morgan fingerprint density at radius 1 is 1.40 bits per heavy atom. The third kappa shape index (κ3) is 6.44. The molecule has 25 heavy (non-hydrogen) atoms. The molecular formula is C19H26ClN3O2. The molecule has 0 saturated carbocycles. The summed E-state index contributed by atoms with van der Waals surface area (Å²) in [5.41, 5.74) is 6.72. The van der Waals surface area contributed by atoms with Crippen LogP contribution in [0.25, 0.3) is 0 Å². The number of hydrogen-bond donors (Lipinski definition) is 3. The predicted octanol–water partition coefficient (Wildman–Crippen LogP) is 2.75. The van der Waals surface area contributed by atoms with Gasteiger partial charge in [0, 0.05) is 11.2 Å². The van der Waals surface area contributed by atoms with E-state index in [4.69, 9.17) is 22.1 Å². The molecule has 0 spiro atoms. The molecule has 6 heteroatoms. The van der Waals surface area contributed by atoms with E-state index in [9.17, 15) is 4.79 Å². The molecule has 136 valence electrons. The summed E-state index contributed by atoms with van der Waals surface area (Å²) in [5, 5.41) is 7.09. The summed E-state index contributed by atoms with van der Waals surface area (Å²) in [6.45, 7) is 6.37. The Kier molecular flexibility index (Phi) is 7.34. The molecule has 1 aliphatic heterocycles. The van der Waals surface area contributed by atoms with E-state index in [1.54, 1.807) is 18.4 Å². The second kappa shape index (κ2) is 9.49. The number of ether oxygens (including phenoxy) is 1. The van der Waals surface area contributed by atoms with Gasteiger partial charge < -0.3 is 21.1 Å². The van der Waals surface area contributed by atoms with Gasteiger partial charge in [0.05, 0.1) is 5.57 Å². The normalized spacial score (nSPS) is 16.5. The van der Waals surface area contributed by atoms with E-state index in [1.807, 2.05) is 18.2 Å². The number of carbonyl (C=O) groups excluding carboxylic acids is 1. The Hall–Kier alpha value is -1.98. The molecule has 0 aromatic heterocycles. The number of nitrogens with two attached hydrogens (primary N) is 1. The topological polar surface area (TPSA) is 76.4 Å². The molecule has 1 atom stereocenters. The third-order valence-electron chi connectivity index (χ3n) is 3.90. The summed E-state index contributed by atoms with van der Waals surface area (Å²) in [6, 6.07) is 5.70. The van der Waals surface area contributed by atoms with E-state index >= 15 is 0 Å². The maximum Gasteiger partial charge on any atom is 0.250 e. The number of nitrogens with one attached hydrogen (secondary N) is 2. The van der Waals surface area contributed by atoms with E-state index in [2.05, 4.69) is 24.5 Å². The highest BCUT2D eigenvalue weighted by molar-refractivity contribution is 6.31. The number of rotatable bonds is 9. The van der Waals surface area contributed by atoms with Crippen LogP contribution in [0, 0.1) is 5.92 Å². The number of benzene rings is 1. The fourth-order valence-corrected chi connectivity index (χ4v) is 2.65. The van der Waals surface area contributed by atoms with Gasteiger partial charge in [0.2, 0.25) is 5.91 Å².